The van der Waals surface area contributed by atoms with Crippen molar-refractivity contribution in [2.45, 2.75) is 38.0 Å². The number of oxazole rings is 1. The molecule has 0 radical (unpaired) electrons. The van der Waals surface area contributed by atoms with Crippen LogP contribution in [0.2, 0.25) is 0 Å². The molecule has 0 amide bonds. The van der Waals surface area contributed by atoms with Crippen molar-refractivity contribution in [2.75, 3.05) is 7.11 Å². The smallest absolute Gasteiger partial charge is 0.375 e. The summed E-state index contributed by atoms with van der Waals surface area (Å²) >= 11 is 0. The highest BCUT2D eigenvalue weighted by atomic mass is 16.5. The van der Waals surface area contributed by atoms with Crippen molar-refractivity contribution in [1.29, 1.82) is 0 Å². The Morgan fingerprint density at radius 1 is 1.33 bits per heavy atom. The first-order chi connectivity index (χ1) is 10.2. The lowest BCUT2D eigenvalue weighted by atomic mass is 10.1. The number of aryl methyl sites for hydroxylation is 1. The number of aromatic nitrogens is 1. The monoisotopic (exact) mass is 285 g/mol. The van der Waals surface area contributed by atoms with Crippen LogP contribution in [-0.4, -0.2) is 18.1 Å². The van der Waals surface area contributed by atoms with Crippen LogP contribution in [0.15, 0.2) is 34.7 Å². The quantitative estimate of drug-likeness (QED) is 0.786. The van der Waals surface area contributed by atoms with Crippen molar-refractivity contribution >= 4 is 5.97 Å². The summed E-state index contributed by atoms with van der Waals surface area (Å²) in [4.78, 5) is 16.3. The van der Waals surface area contributed by atoms with Gasteiger partial charge in [-0.3, -0.25) is 0 Å². The molecule has 1 aliphatic rings. The van der Waals surface area contributed by atoms with Gasteiger partial charge < -0.3 is 9.15 Å². The van der Waals surface area contributed by atoms with Gasteiger partial charge in [0.1, 0.15) is 0 Å². The van der Waals surface area contributed by atoms with E-state index in [1.807, 2.05) is 18.2 Å². The Kier molecular flexibility index (Phi) is 3.78. The van der Waals surface area contributed by atoms with Crippen LogP contribution >= 0.6 is 0 Å². The number of nitrogens with zero attached hydrogens (tertiary/aromatic N) is 1. The van der Waals surface area contributed by atoms with Gasteiger partial charge in [0.15, 0.2) is 5.89 Å². The predicted octanol–water partition coefficient (Wildman–Crippen LogP) is 3.68. The Hall–Kier alpha value is -2.10. The van der Waals surface area contributed by atoms with Crippen molar-refractivity contribution in [3.05, 3.63) is 53.2 Å². The minimum Gasteiger partial charge on any atom is -0.463 e. The highest BCUT2D eigenvalue weighted by molar-refractivity contribution is 5.87. The maximum Gasteiger partial charge on any atom is 0.375 e. The standard InChI is InChI=1S/C17H19NO3/c1-3-7-14-15(17(19)20-2)21-16(18-14)13-10-12(13)11-8-5-4-6-9-11/h4-6,8-9,12-13H,3,7,10H2,1-2H3. The summed E-state index contributed by atoms with van der Waals surface area (Å²) < 4.78 is 10.5. The third-order valence-corrected chi connectivity index (χ3v) is 3.91. The molecule has 0 N–H and O–H groups in total. The maximum atomic E-state index is 11.8. The number of carbonyl (C=O) groups excluding carboxylic acids is 1. The van der Waals surface area contributed by atoms with Gasteiger partial charge >= 0.3 is 5.97 Å². The molecule has 1 aromatic carbocycles. The highest BCUT2D eigenvalue weighted by Gasteiger charge is 2.43. The molecule has 1 aromatic heterocycles. The molecule has 0 spiro atoms. The van der Waals surface area contributed by atoms with Crippen LogP contribution in [0.3, 0.4) is 0 Å². The average molecular weight is 285 g/mol. The van der Waals surface area contributed by atoms with E-state index in [1.54, 1.807) is 0 Å². The number of hydrogen-bond donors (Lipinski definition) is 0. The zero-order valence-electron chi connectivity index (χ0n) is 12.3. The number of hydrogen-bond acceptors (Lipinski definition) is 4. The molecular weight excluding hydrogens is 266 g/mol. The van der Waals surface area contributed by atoms with Crippen LogP contribution in [-0.2, 0) is 11.2 Å². The molecular formula is C17H19NO3. The van der Waals surface area contributed by atoms with Crippen LogP contribution in [0.4, 0.5) is 0 Å². The topological polar surface area (TPSA) is 52.3 Å². The number of ether oxygens (including phenoxy) is 1. The molecule has 4 nitrogen and oxygen atoms in total. The summed E-state index contributed by atoms with van der Waals surface area (Å²) in [6.45, 7) is 2.05. The molecule has 0 aliphatic heterocycles. The first kappa shape index (κ1) is 13.9. The molecule has 1 heterocycles. The van der Waals surface area contributed by atoms with E-state index in [2.05, 4.69) is 24.0 Å². The first-order valence-electron chi connectivity index (χ1n) is 7.37. The first-order valence-corrected chi connectivity index (χ1v) is 7.37. The lowest BCUT2D eigenvalue weighted by molar-refractivity contribution is 0.0561. The van der Waals surface area contributed by atoms with Gasteiger partial charge in [-0.1, -0.05) is 43.7 Å². The zero-order chi connectivity index (χ0) is 14.8. The SMILES string of the molecule is CCCc1nc(C2CC2c2ccccc2)oc1C(=O)OC. The average Bonchev–Trinajstić information content (AvgIpc) is 3.22. The van der Waals surface area contributed by atoms with Gasteiger partial charge in [-0.15, -0.1) is 0 Å². The number of methoxy groups -OCH3 is 1. The minimum absolute atomic E-state index is 0.271. The molecule has 2 aromatic rings. The molecule has 0 bridgehead atoms. The van der Waals surface area contributed by atoms with E-state index in [4.69, 9.17) is 9.15 Å². The predicted molar refractivity (Wildman–Crippen MR) is 78.4 cm³/mol. The second kappa shape index (κ2) is 5.72. The lowest BCUT2D eigenvalue weighted by Gasteiger charge is -1.97. The van der Waals surface area contributed by atoms with E-state index in [0.717, 1.165) is 25.0 Å². The van der Waals surface area contributed by atoms with E-state index in [-0.39, 0.29) is 11.7 Å². The second-order valence-electron chi connectivity index (χ2n) is 5.43. The lowest BCUT2D eigenvalue weighted by Crippen LogP contribution is -2.03. The molecule has 1 saturated carbocycles. The van der Waals surface area contributed by atoms with Gasteiger partial charge in [-0.05, 0) is 24.3 Å². The fraction of sp³-hybridized carbons (Fsp3) is 0.412. The van der Waals surface area contributed by atoms with Crippen LogP contribution < -0.4 is 0 Å². The van der Waals surface area contributed by atoms with Crippen molar-refractivity contribution in [2.24, 2.45) is 0 Å². The van der Waals surface area contributed by atoms with Crippen molar-refractivity contribution in [3.8, 4) is 0 Å². The maximum absolute atomic E-state index is 11.8. The molecule has 3 rings (SSSR count). The van der Waals surface area contributed by atoms with E-state index in [9.17, 15) is 4.79 Å². The van der Waals surface area contributed by atoms with Gasteiger partial charge in [0.2, 0.25) is 5.76 Å². The van der Waals surface area contributed by atoms with Gasteiger partial charge in [-0.25, -0.2) is 9.78 Å². The summed E-state index contributed by atoms with van der Waals surface area (Å²) in [6.07, 6.45) is 2.68. The van der Waals surface area contributed by atoms with Crippen LogP contribution in [0.1, 0.15) is 59.3 Å². The van der Waals surface area contributed by atoms with Crippen LogP contribution in [0.5, 0.6) is 0 Å². The number of rotatable bonds is 5. The minimum atomic E-state index is -0.436. The van der Waals surface area contributed by atoms with Crippen LogP contribution in [0, 0.1) is 0 Å². The van der Waals surface area contributed by atoms with Gasteiger partial charge in [-0.2, -0.15) is 0 Å². The fourth-order valence-corrected chi connectivity index (χ4v) is 2.72. The van der Waals surface area contributed by atoms with Crippen LogP contribution in [0.25, 0.3) is 0 Å². The number of carbonyl (C=O) groups is 1. The molecule has 2 unspecified atom stereocenters. The molecule has 4 heteroatoms. The number of benzene rings is 1. The van der Waals surface area contributed by atoms with E-state index in [1.165, 1.54) is 12.7 Å². The summed E-state index contributed by atoms with van der Waals surface area (Å²) in [5.41, 5.74) is 2.02. The largest absolute Gasteiger partial charge is 0.463 e. The Morgan fingerprint density at radius 3 is 2.76 bits per heavy atom. The van der Waals surface area contributed by atoms with Gasteiger partial charge in [0, 0.05) is 5.92 Å². The molecule has 110 valence electrons. The third-order valence-electron chi connectivity index (χ3n) is 3.91. The Labute approximate surface area is 124 Å². The Balaban J connectivity index is 1.82. The van der Waals surface area contributed by atoms with Crippen molar-refractivity contribution < 1.29 is 13.9 Å². The van der Waals surface area contributed by atoms with Gasteiger partial charge in [0.25, 0.3) is 0 Å². The Morgan fingerprint density at radius 2 is 2.10 bits per heavy atom. The Bertz CT molecular complexity index is 633. The molecule has 1 aliphatic carbocycles. The third kappa shape index (κ3) is 2.71. The normalized spacial score (nSPS) is 20.3. The van der Waals surface area contributed by atoms with Crippen molar-refractivity contribution in [1.82, 2.24) is 4.98 Å². The summed E-state index contributed by atoms with van der Waals surface area (Å²) in [5, 5.41) is 0. The summed E-state index contributed by atoms with van der Waals surface area (Å²) in [5.74, 6) is 1.24. The summed E-state index contributed by atoms with van der Waals surface area (Å²) in [6, 6.07) is 10.4. The fourth-order valence-electron chi connectivity index (χ4n) is 2.72. The second-order valence-corrected chi connectivity index (χ2v) is 5.43. The van der Waals surface area contributed by atoms with E-state index < -0.39 is 5.97 Å². The van der Waals surface area contributed by atoms with E-state index >= 15 is 0 Å². The molecule has 21 heavy (non-hydrogen) atoms. The summed E-state index contributed by atoms with van der Waals surface area (Å²) in [7, 11) is 1.37. The molecule has 0 saturated heterocycles. The van der Waals surface area contributed by atoms with Crippen molar-refractivity contribution in [3.63, 3.8) is 0 Å². The number of esters is 1. The molecule has 1 fully saturated rings. The van der Waals surface area contributed by atoms with Gasteiger partial charge in [0.05, 0.1) is 12.8 Å². The zero-order valence-corrected chi connectivity index (χ0v) is 12.3. The molecule has 2 atom stereocenters. The highest BCUT2D eigenvalue weighted by Crippen LogP contribution is 2.54. The van der Waals surface area contributed by atoms with E-state index in [0.29, 0.717) is 11.8 Å².